The van der Waals surface area contributed by atoms with E-state index in [1.54, 1.807) is 10.9 Å². The van der Waals surface area contributed by atoms with Crippen molar-refractivity contribution in [1.29, 1.82) is 0 Å². The van der Waals surface area contributed by atoms with Gasteiger partial charge in [0.15, 0.2) is 11.5 Å². The van der Waals surface area contributed by atoms with Gasteiger partial charge in [0.05, 0.1) is 12.0 Å². The largest absolute Gasteiger partial charge is 0.354 e. The third-order valence-corrected chi connectivity index (χ3v) is 5.00. The number of aromatic nitrogens is 7. The predicted molar refractivity (Wildman–Crippen MR) is 100 cm³/mol. The second-order valence-corrected chi connectivity index (χ2v) is 6.64. The minimum absolute atomic E-state index is 0.117. The number of rotatable bonds is 3. The van der Waals surface area contributed by atoms with Crippen molar-refractivity contribution < 1.29 is 0 Å². The molecular formula is C18H18N8O. The van der Waals surface area contributed by atoms with Crippen LogP contribution in [0.3, 0.4) is 0 Å². The third-order valence-electron chi connectivity index (χ3n) is 5.00. The number of nitrogens with zero attached hydrogens (tertiary/aromatic N) is 6. The highest BCUT2D eigenvalue weighted by molar-refractivity contribution is 5.82. The lowest BCUT2D eigenvalue weighted by Gasteiger charge is -2.33. The number of benzene rings is 1. The van der Waals surface area contributed by atoms with E-state index in [2.05, 4.69) is 35.0 Å². The number of hydrogen-bond donors (Lipinski definition) is 2. The highest BCUT2D eigenvalue weighted by Gasteiger charge is 2.28. The normalized spacial score (nSPS) is 17.5. The van der Waals surface area contributed by atoms with Crippen LogP contribution in [-0.2, 0) is 0 Å². The maximum atomic E-state index is 12.4. The first kappa shape index (κ1) is 15.7. The van der Waals surface area contributed by atoms with Crippen molar-refractivity contribution in [2.75, 3.05) is 18.0 Å². The molecule has 2 N–H and O–H groups in total. The number of piperidine rings is 1. The SMILES string of the molecule is O=c1[nH]nc([C@H]2CCCN(c3ncnc4nc[nH]c34)C2)n1-c1ccccc1. The zero-order valence-electron chi connectivity index (χ0n) is 14.5. The van der Waals surface area contributed by atoms with Gasteiger partial charge in [0.25, 0.3) is 0 Å². The highest BCUT2D eigenvalue weighted by Crippen LogP contribution is 2.30. The number of imidazole rings is 1. The van der Waals surface area contributed by atoms with Crippen LogP contribution in [0.1, 0.15) is 24.6 Å². The monoisotopic (exact) mass is 362 g/mol. The summed E-state index contributed by atoms with van der Waals surface area (Å²) in [6, 6.07) is 9.60. The van der Waals surface area contributed by atoms with Gasteiger partial charge in [-0.25, -0.2) is 29.4 Å². The van der Waals surface area contributed by atoms with Gasteiger partial charge < -0.3 is 9.88 Å². The van der Waals surface area contributed by atoms with Gasteiger partial charge in [-0.15, -0.1) is 0 Å². The molecule has 1 aliphatic rings. The molecule has 27 heavy (non-hydrogen) atoms. The molecule has 3 aromatic heterocycles. The van der Waals surface area contributed by atoms with Crippen molar-refractivity contribution >= 4 is 17.0 Å². The lowest BCUT2D eigenvalue weighted by atomic mass is 9.97. The van der Waals surface area contributed by atoms with E-state index in [0.717, 1.165) is 48.8 Å². The second-order valence-electron chi connectivity index (χ2n) is 6.64. The molecule has 1 saturated heterocycles. The molecule has 0 saturated carbocycles. The molecule has 0 aliphatic carbocycles. The van der Waals surface area contributed by atoms with Crippen molar-refractivity contribution in [2.45, 2.75) is 18.8 Å². The number of aromatic amines is 2. The van der Waals surface area contributed by atoms with Gasteiger partial charge in [-0.3, -0.25) is 0 Å². The Labute approximate surface area is 154 Å². The Morgan fingerprint density at radius 1 is 1.11 bits per heavy atom. The van der Waals surface area contributed by atoms with E-state index in [0.29, 0.717) is 5.65 Å². The van der Waals surface area contributed by atoms with Crippen molar-refractivity contribution in [3.05, 3.63) is 59.3 Å². The fourth-order valence-electron chi connectivity index (χ4n) is 3.78. The van der Waals surface area contributed by atoms with E-state index in [1.807, 2.05) is 30.3 Å². The molecule has 4 aromatic rings. The Balaban J connectivity index is 1.51. The number of H-pyrrole nitrogens is 2. The first-order valence-corrected chi connectivity index (χ1v) is 8.93. The average molecular weight is 362 g/mol. The molecule has 1 atom stereocenters. The fourth-order valence-corrected chi connectivity index (χ4v) is 3.78. The van der Waals surface area contributed by atoms with Gasteiger partial charge in [0.2, 0.25) is 0 Å². The number of hydrogen-bond acceptors (Lipinski definition) is 6. The molecule has 0 unspecified atom stereocenters. The van der Waals surface area contributed by atoms with Gasteiger partial charge >= 0.3 is 5.69 Å². The standard InChI is InChI=1S/C18H18N8O/c27-18-24-23-16(26(18)13-6-2-1-3-7-13)12-5-4-8-25(9-12)17-14-15(20-10-19-14)21-11-22-17/h1-3,6-7,10-12H,4-5,8-9H2,(H,24,27)(H,19,20,21,22)/t12-/m0/s1. The lowest BCUT2D eigenvalue weighted by molar-refractivity contribution is 0.483. The summed E-state index contributed by atoms with van der Waals surface area (Å²) in [5.74, 6) is 1.71. The number of para-hydroxylation sites is 1. The van der Waals surface area contributed by atoms with Crippen molar-refractivity contribution in [3.63, 3.8) is 0 Å². The van der Waals surface area contributed by atoms with Crippen LogP contribution in [-0.4, -0.2) is 47.8 Å². The smallest absolute Gasteiger partial charge is 0.347 e. The predicted octanol–water partition coefficient (Wildman–Crippen LogP) is 1.61. The third kappa shape index (κ3) is 2.67. The maximum Gasteiger partial charge on any atom is 0.347 e. The van der Waals surface area contributed by atoms with Crippen molar-refractivity contribution in [1.82, 2.24) is 34.7 Å². The van der Waals surface area contributed by atoms with Gasteiger partial charge in [-0.05, 0) is 25.0 Å². The highest BCUT2D eigenvalue weighted by atomic mass is 16.1. The van der Waals surface area contributed by atoms with Gasteiger partial charge in [0, 0.05) is 19.0 Å². The first-order chi connectivity index (χ1) is 13.3. The molecule has 0 amide bonds. The van der Waals surface area contributed by atoms with Crippen molar-refractivity contribution in [2.24, 2.45) is 0 Å². The van der Waals surface area contributed by atoms with E-state index in [-0.39, 0.29) is 11.6 Å². The Kier molecular flexibility index (Phi) is 3.70. The van der Waals surface area contributed by atoms with E-state index >= 15 is 0 Å². The van der Waals surface area contributed by atoms with Crippen LogP contribution in [0.25, 0.3) is 16.9 Å². The minimum Gasteiger partial charge on any atom is -0.354 e. The molecule has 9 heteroatoms. The molecule has 4 heterocycles. The second kappa shape index (κ2) is 6.35. The quantitative estimate of drug-likeness (QED) is 0.573. The van der Waals surface area contributed by atoms with Crippen LogP contribution in [0.15, 0.2) is 47.8 Å². The zero-order valence-corrected chi connectivity index (χ0v) is 14.5. The topological polar surface area (TPSA) is 108 Å². The average Bonchev–Trinajstić information content (AvgIpc) is 3.35. The molecule has 1 fully saturated rings. The molecule has 0 radical (unpaired) electrons. The molecule has 9 nitrogen and oxygen atoms in total. The summed E-state index contributed by atoms with van der Waals surface area (Å²) in [5, 5.41) is 6.95. The maximum absolute atomic E-state index is 12.4. The number of fused-ring (bicyclic) bond motifs is 1. The molecule has 0 bridgehead atoms. The van der Waals surface area contributed by atoms with E-state index < -0.39 is 0 Å². The summed E-state index contributed by atoms with van der Waals surface area (Å²) in [7, 11) is 0. The lowest BCUT2D eigenvalue weighted by Crippen LogP contribution is -2.36. The Hall–Kier alpha value is -3.49. The van der Waals surface area contributed by atoms with Crippen LogP contribution in [0.5, 0.6) is 0 Å². The number of nitrogens with one attached hydrogen (secondary N) is 2. The zero-order chi connectivity index (χ0) is 18.2. The Morgan fingerprint density at radius 2 is 2.00 bits per heavy atom. The summed E-state index contributed by atoms with van der Waals surface area (Å²) in [5.41, 5.74) is 2.09. The summed E-state index contributed by atoms with van der Waals surface area (Å²) < 4.78 is 1.67. The van der Waals surface area contributed by atoms with Crippen LogP contribution in [0.4, 0.5) is 5.82 Å². The Bertz CT molecular complexity index is 1130. The van der Waals surface area contributed by atoms with Crippen molar-refractivity contribution in [3.8, 4) is 5.69 Å². The summed E-state index contributed by atoms with van der Waals surface area (Å²) in [4.78, 5) is 30.6. The summed E-state index contributed by atoms with van der Waals surface area (Å²) >= 11 is 0. The van der Waals surface area contributed by atoms with Crippen LogP contribution in [0, 0.1) is 0 Å². The number of anilines is 1. The molecule has 1 aliphatic heterocycles. The fraction of sp³-hybridized carbons (Fsp3) is 0.278. The first-order valence-electron chi connectivity index (χ1n) is 8.93. The molecule has 0 spiro atoms. The summed E-state index contributed by atoms with van der Waals surface area (Å²) in [6.45, 7) is 1.61. The molecular weight excluding hydrogens is 344 g/mol. The van der Waals surface area contributed by atoms with Crippen LogP contribution in [0.2, 0.25) is 0 Å². The molecule has 1 aromatic carbocycles. The van der Waals surface area contributed by atoms with E-state index in [4.69, 9.17) is 0 Å². The van der Waals surface area contributed by atoms with E-state index in [9.17, 15) is 4.79 Å². The van der Waals surface area contributed by atoms with Gasteiger partial charge in [-0.2, -0.15) is 5.10 Å². The minimum atomic E-state index is -0.216. The van der Waals surface area contributed by atoms with Gasteiger partial charge in [0.1, 0.15) is 17.7 Å². The Morgan fingerprint density at radius 3 is 2.89 bits per heavy atom. The van der Waals surface area contributed by atoms with Crippen LogP contribution < -0.4 is 10.6 Å². The van der Waals surface area contributed by atoms with Gasteiger partial charge in [-0.1, -0.05) is 18.2 Å². The summed E-state index contributed by atoms with van der Waals surface area (Å²) in [6.07, 6.45) is 5.12. The molecule has 136 valence electrons. The molecule has 5 rings (SSSR count). The van der Waals surface area contributed by atoms with Crippen LogP contribution >= 0.6 is 0 Å². The van der Waals surface area contributed by atoms with E-state index in [1.165, 1.54) is 6.33 Å².